The Balaban J connectivity index is 4.49. The lowest BCUT2D eigenvalue weighted by atomic mass is 9.95. The molecule has 0 fully saturated rings. The van der Waals surface area contributed by atoms with Gasteiger partial charge < -0.3 is 10.5 Å². The second-order valence-electron chi connectivity index (χ2n) is 3.18. The van der Waals surface area contributed by atoms with Crippen molar-refractivity contribution in [2.24, 2.45) is 5.73 Å². The lowest BCUT2D eigenvalue weighted by Crippen LogP contribution is -2.39. The highest BCUT2D eigenvalue weighted by atomic mass is 32.2. The molecular formula is C9H15NO3S. The maximum absolute atomic E-state index is 10.6. The molecule has 0 rings (SSSR count). The van der Waals surface area contributed by atoms with Crippen molar-refractivity contribution in [2.45, 2.75) is 38.1 Å². The minimum atomic E-state index is -2.42. The van der Waals surface area contributed by atoms with Crippen LogP contribution < -0.4 is 5.73 Å². The predicted molar refractivity (Wildman–Crippen MR) is 55.6 cm³/mol. The summed E-state index contributed by atoms with van der Waals surface area (Å²) in [5.41, 5.74) is 4.44. The van der Waals surface area contributed by atoms with Crippen LogP contribution in [0.25, 0.3) is 0 Å². The van der Waals surface area contributed by atoms with Gasteiger partial charge in [-0.15, -0.1) is 0 Å². The smallest absolute Gasteiger partial charge is 0.260 e. The minimum Gasteiger partial charge on any atom is -0.315 e. The van der Waals surface area contributed by atoms with Gasteiger partial charge in [0.15, 0.2) is 0 Å². The van der Waals surface area contributed by atoms with Crippen molar-refractivity contribution >= 4 is 21.6 Å². The summed E-state index contributed by atoms with van der Waals surface area (Å²) < 4.78 is 20.4. The maximum atomic E-state index is 10.6. The molecule has 0 aliphatic rings. The summed E-state index contributed by atoms with van der Waals surface area (Å²) in [5.74, 6) is 0. The average Bonchev–Trinajstić information content (AvgIpc) is 2.15. The van der Waals surface area contributed by atoms with Crippen LogP contribution >= 0.6 is 0 Å². The zero-order valence-corrected chi connectivity index (χ0v) is 9.01. The molecule has 0 aromatic carbocycles. The molecular weight excluding hydrogens is 202 g/mol. The predicted octanol–water partition coefficient (Wildman–Crippen LogP) is 0.300. The van der Waals surface area contributed by atoms with Crippen LogP contribution in [0.1, 0.15) is 32.6 Å². The van der Waals surface area contributed by atoms with Crippen molar-refractivity contribution in [3.63, 3.8) is 0 Å². The number of unbranched alkanes of at least 4 members (excludes halogenated alkanes) is 2. The van der Waals surface area contributed by atoms with Gasteiger partial charge in [0.25, 0.3) is 10.3 Å². The number of hydrogen-bond acceptors (Lipinski definition) is 4. The van der Waals surface area contributed by atoms with Crippen molar-refractivity contribution in [3.05, 3.63) is 6.08 Å². The Morgan fingerprint density at radius 1 is 1.43 bits per heavy atom. The van der Waals surface area contributed by atoms with E-state index in [0.29, 0.717) is 12.7 Å². The lowest BCUT2D eigenvalue weighted by Gasteiger charge is -2.16. The van der Waals surface area contributed by atoms with E-state index in [9.17, 15) is 13.2 Å². The third-order valence-corrected chi connectivity index (χ3v) is 2.17. The van der Waals surface area contributed by atoms with E-state index in [0.717, 1.165) is 25.3 Å². The molecule has 4 nitrogen and oxygen atoms in total. The fraction of sp³-hybridized carbons (Fsp3) is 0.667. The Bertz CT molecular complexity index is 333. The SMILES string of the molecule is CCCCCC(N)(C=O)C=C=S(=O)=O. The van der Waals surface area contributed by atoms with Crippen LogP contribution in [-0.4, -0.2) is 25.3 Å². The number of nitrogens with two attached hydrogens (primary N) is 1. The van der Waals surface area contributed by atoms with Gasteiger partial charge in [0, 0.05) is 11.1 Å². The van der Waals surface area contributed by atoms with E-state index in [2.05, 4.69) is 0 Å². The molecule has 0 bridgehead atoms. The first-order valence-electron chi connectivity index (χ1n) is 4.49. The zero-order valence-electron chi connectivity index (χ0n) is 8.19. The lowest BCUT2D eigenvalue weighted by molar-refractivity contribution is -0.111. The van der Waals surface area contributed by atoms with Crippen molar-refractivity contribution in [1.29, 1.82) is 0 Å². The summed E-state index contributed by atoms with van der Waals surface area (Å²) in [4.78, 5) is 10.6. The molecule has 0 saturated carbocycles. The molecule has 1 atom stereocenters. The molecule has 0 spiro atoms. The monoisotopic (exact) mass is 217 g/mol. The molecule has 0 aliphatic carbocycles. The van der Waals surface area contributed by atoms with E-state index in [-0.39, 0.29) is 0 Å². The summed E-state index contributed by atoms with van der Waals surface area (Å²) in [7, 11) is -2.42. The largest absolute Gasteiger partial charge is 0.315 e. The number of rotatable bonds is 6. The summed E-state index contributed by atoms with van der Waals surface area (Å²) in [6, 6.07) is 0. The molecule has 0 aromatic heterocycles. The first kappa shape index (κ1) is 13.1. The molecule has 2 N–H and O–H groups in total. The van der Waals surface area contributed by atoms with Crippen LogP contribution in [0.4, 0.5) is 0 Å². The number of carbonyl (C=O) groups excluding carboxylic acids is 1. The van der Waals surface area contributed by atoms with Gasteiger partial charge in [-0.05, 0) is 6.42 Å². The molecule has 0 radical (unpaired) electrons. The Kier molecular flexibility index (Phi) is 6.12. The second kappa shape index (κ2) is 6.54. The third kappa shape index (κ3) is 5.70. The van der Waals surface area contributed by atoms with Gasteiger partial charge >= 0.3 is 0 Å². The Morgan fingerprint density at radius 3 is 2.50 bits per heavy atom. The normalized spacial score (nSPS) is 13.9. The minimum absolute atomic E-state index is 0.453. The van der Waals surface area contributed by atoms with Gasteiger partial charge in [-0.3, -0.25) is 0 Å². The van der Waals surface area contributed by atoms with Gasteiger partial charge in [-0.1, -0.05) is 26.2 Å². The number of carbonyl (C=O) groups is 1. The summed E-state index contributed by atoms with van der Waals surface area (Å²) in [5, 5.41) is 2.00. The van der Waals surface area contributed by atoms with Crippen molar-refractivity contribution in [3.8, 4) is 0 Å². The van der Waals surface area contributed by atoms with E-state index in [4.69, 9.17) is 5.73 Å². The van der Waals surface area contributed by atoms with Crippen LogP contribution in [-0.2, 0) is 15.1 Å². The van der Waals surface area contributed by atoms with Crippen LogP contribution in [0.2, 0.25) is 0 Å². The van der Waals surface area contributed by atoms with Crippen LogP contribution in [0.3, 0.4) is 0 Å². The molecule has 14 heavy (non-hydrogen) atoms. The molecule has 5 heteroatoms. The summed E-state index contributed by atoms with van der Waals surface area (Å²) in [6.07, 6.45) is 4.92. The zero-order chi connectivity index (χ0) is 11.0. The highest BCUT2D eigenvalue weighted by Crippen LogP contribution is 2.10. The first-order chi connectivity index (χ1) is 6.54. The highest BCUT2D eigenvalue weighted by Gasteiger charge is 2.19. The Labute approximate surface area is 85.3 Å². The standard InChI is InChI=1S/C9H15NO3S/c1-2-3-4-5-9(10,8-11)6-7-14(12)13/h6,8H,2-5,10H2,1H3. The summed E-state index contributed by atoms with van der Waals surface area (Å²) in [6.45, 7) is 2.04. The maximum Gasteiger partial charge on any atom is 0.260 e. The van der Waals surface area contributed by atoms with E-state index >= 15 is 0 Å². The van der Waals surface area contributed by atoms with E-state index in [1.807, 2.05) is 11.9 Å². The van der Waals surface area contributed by atoms with Gasteiger partial charge in [0.1, 0.15) is 6.29 Å². The van der Waals surface area contributed by atoms with Crippen LogP contribution in [0.5, 0.6) is 0 Å². The molecule has 0 aliphatic heterocycles. The van der Waals surface area contributed by atoms with E-state index in [1.54, 1.807) is 0 Å². The van der Waals surface area contributed by atoms with E-state index < -0.39 is 15.8 Å². The third-order valence-electron chi connectivity index (χ3n) is 1.86. The Morgan fingerprint density at radius 2 is 2.07 bits per heavy atom. The molecule has 0 aromatic rings. The Hall–Kier alpha value is -0.900. The van der Waals surface area contributed by atoms with Gasteiger partial charge in [0.05, 0.1) is 5.54 Å². The van der Waals surface area contributed by atoms with Crippen LogP contribution in [0, 0.1) is 0 Å². The van der Waals surface area contributed by atoms with Crippen molar-refractivity contribution < 1.29 is 13.2 Å². The second-order valence-corrected chi connectivity index (χ2v) is 3.89. The topological polar surface area (TPSA) is 77.2 Å². The fourth-order valence-electron chi connectivity index (χ4n) is 1.00. The highest BCUT2D eigenvalue weighted by molar-refractivity contribution is 7.70. The number of hydrogen-bond donors (Lipinski definition) is 1. The molecule has 80 valence electrons. The average molecular weight is 217 g/mol. The quantitative estimate of drug-likeness (QED) is 0.394. The molecule has 0 heterocycles. The van der Waals surface area contributed by atoms with Gasteiger partial charge in [0.2, 0.25) is 0 Å². The number of aldehydes is 1. The van der Waals surface area contributed by atoms with Crippen molar-refractivity contribution in [1.82, 2.24) is 0 Å². The molecule has 0 saturated heterocycles. The van der Waals surface area contributed by atoms with Crippen molar-refractivity contribution in [2.75, 3.05) is 0 Å². The fourth-order valence-corrected chi connectivity index (χ4v) is 1.32. The molecule has 1 unspecified atom stereocenters. The van der Waals surface area contributed by atoms with Crippen LogP contribution in [0.15, 0.2) is 6.08 Å². The summed E-state index contributed by atoms with van der Waals surface area (Å²) >= 11 is 0. The first-order valence-corrected chi connectivity index (χ1v) is 5.56. The van der Waals surface area contributed by atoms with Gasteiger partial charge in [-0.2, -0.15) is 8.42 Å². The molecule has 0 amide bonds. The van der Waals surface area contributed by atoms with Gasteiger partial charge in [-0.25, -0.2) is 0 Å². The van der Waals surface area contributed by atoms with E-state index in [1.165, 1.54) is 0 Å².